The monoisotopic (exact) mass is 542 g/mol. The number of nitrogens with zero attached hydrogens (tertiary/aromatic N) is 2. The van der Waals surface area contributed by atoms with Crippen LogP contribution in [0.3, 0.4) is 0 Å². The Hall–Kier alpha value is -1.06. The molecule has 9 heteroatoms. The molecule has 0 amide bonds. The molecule has 1 saturated heterocycles. The highest BCUT2D eigenvalue weighted by molar-refractivity contribution is 7.99. The summed E-state index contributed by atoms with van der Waals surface area (Å²) in [7, 11) is 1.62. The fraction of sp³-hybridized carbons (Fsp3) is 0.480. The third kappa shape index (κ3) is 6.58. The number of pyridine rings is 1. The van der Waals surface area contributed by atoms with Gasteiger partial charge in [0.25, 0.3) is 0 Å². The summed E-state index contributed by atoms with van der Waals surface area (Å²) in [6.45, 7) is 3.18. The average Bonchev–Trinajstić information content (AvgIpc) is 3.36. The van der Waals surface area contributed by atoms with Gasteiger partial charge in [-0.3, -0.25) is 4.98 Å². The Balaban J connectivity index is 0.00000324. The molecule has 0 radical (unpaired) electrons. The number of rotatable bonds is 10. The van der Waals surface area contributed by atoms with E-state index in [0.717, 1.165) is 55.6 Å². The molecule has 5 nitrogen and oxygen atoms in total. The molecule has 1 aliphatic heterocycles. The Labute approximate surface area is 220 Å². The summed E-state index contributed by atoms with van der Waals surface area (Å²) >= 11 is 10.1. The molecule has 1 atom stereocenters. The third-order valence-corrected chi connectivity index (χ3v) is 8.88. The molecule has 4 rings (SSSR count). The molecule has 2 aromatic heterocycles. The number of halogens is 2. The summed E-state index contributed by atoms with van der Waals surface area (Å²) in [5.74, 6) is 1.79. The summed E-state index contributed by atoms with van der Waals surface area (Å²) < 4.78 is 5.35. The fourth-order valence-corrected chi connectivity index (χ4v) is 6.65. The van der Waals surface area contributed by atoms with Gasteiger partial charge < -0.3 is 19.8 Å². The summed E-state index contributed by atoms with van der Waals surface area (Å²) in [5.41, 5.74) is 1.32. The number of benzene rings is 1. The number of aromatic nitrogens is 1. The van der Waals surface area contributed by atoms with Crippen molar-refractivity contribution in [3.63, 3.8) is 0 Å². The van der Waals surface area contributed by atoms with Gasteiger partial charge in [-0.2, -0.15) is 11.3 Å². The molecule has 3 aromatic rings. The summed E-state index contributed by atoms with van der Waals surface area (Å²) in [6, 6.07) is 7.78. The van der Waals surface area contributed by atoms with Crippen LogP contribution in [0.1, 0.15) is 37.4 Å². The Bertz CT molecular complexity index is 1040. The van der Waals surface area contributed by atoms with Gasteiger partial charge in [0.05, 0.1) is 23.8 Å². The van der Waals surface area contributed by atoms with Crippen LogP contribution < -0.4 is 4.74 Å². The van der Waals surface area contributed by atoms with E-state index in [-0.39, 0.29) is 24.4 Å². The van der Waals surface area contributed by atoms with Crippen molar-refractivity contribution in [1.29, 1.82) is 0 Å². The van der Waals surface area contributed by atoms with Crippen LogP contribution in [-0.2, 0) is 0 Å². The van der Waals surface area contributed by atoms with Crippen LogP contribution in [0, 0.1) is 5.41 Å². The lowest BCUT2D eigenvalue weighted by atomic mass is 9.74. The van der Waals surface area contributed by atoms with E-state index in [4.69, 9.17) is 16.3 Å². The summed E-state index contributed by atoms with van der Waals surface area (Å²) in [4.78, 5) is 8.22. The molecule has 1 unspecified atom stereocenters. The van der Waals surface area contributed by atoms with Gasteiger partial charge in [0.2, 0.25) is 0 Å². The highest BCUT2D eigenvalue weighted by atomic mass is 35.5. The minimum Gasteiger partial charge on any atom is -0.497 e. The number of methoxy groups -OCH3 is 1. The number of fused-ring (bicyclic) bond motifs is 1. The molecule has 0 spiro atoms. The number of hydrogen-bond donors (Lipinski definition) is 2. The lowest BCUT2D eigenvalue weighted by Crippen LogP contribution is -2.43. The molecule has 2 N–H and O–H groups in total. The van der Waals surface area contributed by atoms with E-state index in [0.29, 0.717) is 22.8 Å². The van der Waals surface area contributed by atoms with E-state index < -0.39 is 6.10 Å². The molecule has 34 heavy (non-hydrogen) atoms. The third-order valence-electron chi connectivity index (χ3n) is 6.77. The lowest BCUT2D eigenvalue weighted by Gasteiger charge is -2.41. The molecule has 3 heterocycles. The molecule has 1 aromatic carbocycles. The van der Waals surface area contributed by atoms with Gasteiger partial charge in [-0.1, -0.05) is 11.6 Å². The van der Waals surface area contributed by atoms with Crippen LogP contribution >= 0.6 is 47.1 Å². The topological polar surface area (TPSA) is 65.8 Å². The molecular weight excluding hydrogens is 511 g/mol. The smallest absolute Gasteiger partial charge is 0.119 e. The van der Waals surface area contributed by atoms with Crippen molar-refractivity contribution in [2.45, 2.75) is 36.7 Å². The van der Waals surface area contributed by atoms with Gasteiger partial charge in [-0.25, -0.2) is 0 Å². The molecule has 1 aliphatic rings. The minimum absolute atomic E-state index is 0. The number of thiophene rings is 1. The number of aliphatic hydroxyl groups excluding tert-OH is 2. The first-order chi connectivity index (χ1) is 16.0. The number of aliphatic hydroxyl groups is 2. The predicted octanol–water partition coefficient (Wildman–Crippen LogP) is 6.06. The second-order valence-electron chi connectivity index (χ2n) is 8.76. The maximum absolute atomic E-state index is 11.1. The Kier molecular flexibility index (Phi) is 10.3. The number of ether oxygens (including phenoxy) is 1. The van der Waals surface area contributed by atoms with Crippen molar-refractivity contribution in [3.8, 4) is 5.75 Å². The van der Waals surface area contributed by atoms with Crippen LogP contribution in [0.2, 0.25) is 5.02 Å². The van der Waals surface area contributed by atoms with Crippen molar-refractivity contribution in [2.75, 3.05) is 39.1 Å². The zero-order valence-electron chi connectivity index (χ0n) is 19.3. The normalized spacial score (nSPS) is 16.8. The van der Waals surface area contributed by atoms with Gasteiger partial charge in [-0.15, -0.1) is 24.2 Å². The van der Waals surface area contributed by atoms with Crippen molar-refractivity contribution < 1.29 is 14.9 Å². The largest absolute Gasteiger partial charge is 0.497 e. The van der Waals surface area contributed by atoms with Crippen LogP contribution in [0.4, 0.5) is 0 Å². The first-order valence-electron chi connectivity index (χ1n) is 11.3. The van der Waals surface area contributed by atoms with Gasteiger partial charge in [0.1, 0.15) is 5.75 Å². The van der Waals surface area contributed by atoms with Crippen molar-refractivity contribution in [3.05, 3.63) is 51.8 Å². The maximum atomic E-state index is 11.1. The first-order valence-corrected chi connectivity index (χ1v) is 13.6. The summed E-state index contributed by atoms with van der Waals surface area (Å²) in [6.07, 6.45) is 4.06. The molecule has 0 bridgehead atoms. The van der Waals surface area contributed by atoms with Crippen molar-refractivity contribution >= 4 is 58.0 Å². The zero-order valence-corrected chi connectivity index (χ0v) is 22.5. The van der Waals surface area contributed by atoms with Gasteiger partial charge in [-0.05, 0) is 73.8 Å². The van der Waals surface area contributed by atoms with Crippen LogP contribution in [-0.4, -0.2) is 59.2 Å². The lowest BCUT2D eigenvalue weighted by molar-refractivity contribution is 0.0254. The van der Waals surface area contributed by atoms with Gasteiger partial charge in [0.15, 0.2) is 0 Å². The number of hydrogen-bond acceptors (Lipinski definition) is 7. The average molecular weight is 544 g/mol. The Morgan fingerprint density at radius 3 is 2.76 bits per heavy atom. The van der Waals surface area contributed by atoms with Crippen LogP contribution in [0.25, 0.3) is 10.9 Å². The van der Waals surface area contributed by atoms with Gasteiger partial charge >= 0.3 is 0 Å². The highest BCUT2D eigenvalue weighted by Gasteiger charge is 2.34. The van der Waals surface area contributed by atoms with E-state index >= 15 is 0 Å². The second kappa shape index (κ2) is 12.8. The van der Waals surface area contributed by atoms with E-state index in [9.17, 15) is 10.2 Å². The standard InChI is InChI=1S/C25H31ClN2O3S2.ClH/c1-31-18-2-3-22-20(14-18)24(21(26)15-27-22)23(30)4-6-25(17-29)7-9-28(10-8-25)11-13-33-19-5-12-32-16-19;/h2-3,5,12,14-16,23,29-30H,4,6-11,13,17H2,1H3;1H. The second-order valence-corrected chi connectivity index (χ2v) is 11.1. The van der Waals surface area contributed by atoms with Gasteiger partial charge in [0, 0.05) is 46.3 Å². The fourth-order valence-electron chi connectivity index (χ4n) is 4.59. The van der Waals surface area contributed by atoms with E-state index in [2.05, 4.69) is 26.7 Å². The quantitative estimate of drug-likeness (QED) is 0.303. The SMILES string of the molecule is COc1ccc2ncc(Cl)c(C(O)CCC3(CO)CCN(CCSc4ccsc4)CC3)c2c1.Cl. The van der Waals surface area contributed by atoms with Crippen molar-refractivity contribution in [1.82, 2.24) is 9.88 Å². The van der Waals surface area contributed by atoms with E-state index in [1.54, 1.807) is 24.6 Å². The molecular formula is C25H32Cl2N2O3S2. The van der Waals surface area contributed by atoms with E-state index in [1.807, 2.05) is 30.0 Å². The number of thioether (sulfide) groups is 1. The minimum atomic E-state index is -0.724. The molecule has 1 fully saturated rings. The maximum Gasteiger partial charge on any atom is 0.119 e. The zero-order chi connectivity index (χ0) is 23.3. The number of piperidine rings is 1. The van der Waals surface area contributed by atoms with Crippen molar-refractivity contribution in [2.24, 2.45) is 5.41 Å². The Morgan fingerprint density at radius 1 is 1.29 bits per heavy atom. The Morgan fingerprint density at radius 2 is 2.09 bits per heavy atom. The molecule has 186 valence electrons. The highest BCUT2D eigenvalue weighted by Crippen LogP contribution is 2.40. The molecule has 0 aliphatic carbocycles. The van der Waals surface area contributed by atoms with Crippen LogP contribution in [0.5, 0.6) is 5.75 Å². The first kappa shape index (κ1) is 27.5. The number of likely N-dealkylation sites (tertiary alicyclic amines) is 1. The van der Waals surface area contributed by atoms with E-state index in [1.165, 1.54) is 4.90 Å². The van der Waals surface area contributed by atoms with Crippen LogP contribution in [0.15, 0.2) is 46.1 Å². The predicted molar refractivity (Wildman–Crippen MR) is 145 cm³/mol. The molecule has 0 saturated carbocycles. The summed E-state index contributed by atoms with van der Waals surface area (Å²) in [5, 5.41) is 26.9.